The molecule has 1 N–H and O–H groups in total. The average Bonchev–Trinajstić information content (AvgIpc) is 3.46. The third-order valence-corrected chi connectivity index (χ3v) is 5.60. The van der Waals surface area contributed by atoms with E-state index in [9.17, 15) is 9.59 Å². The van der Waals surface area contributed by atoms with Crippen LogP contribution in [0.15, 0.2) is 53.3 Å². The Bertz CT molecular complexity index is 1310. The van der Waals surface area contributed by atoms with Crippen LogP contribution in [0.3, 0.4) is 0 Å². The van der Waals surface area contributed by atoms with E-state index in [2.05, 4.69) is 15.5 Å². The Hall–Kier alpha value is -3.19. The summed E-state index contributed by atoms with van der Waals surface area (Å²) in [6, 6.07) is 15.1. The molecule has 0 bridgehead atoms. The van der Waals surface area contributed by atoms with Crippen molar-refractivity contribution in [3.05, 3.63) is 75.3 Å². The topological polar surface area (TPSA) is 81.3 Å². The molecular formula is C22H20ClN5O2. The van der Waals surface area contributed by atoms with Gasteiger partial charge in [-0.1, -0.05) is 35.9 Å². The molecule has 4 aromatic rings. The highest BCUT2D eigenvalue weighted by atomic mass is 35.5. The van der Waals surface area contributed by atoms with Gasteiger partial charge in [-0.2, -0.15) is 0 Å². The van der Waals surface area contributed by atoms with E-state index in [0.29, 0.717) is 47.4 Å². The molecule has 1 amide bonds. The van der Waals surface area contributed by atoms with Crippen molar-refractivity contribution in [2.24, 2.45) is 0 Å². The minimum absolute atomic E-state index is 0.0213. The highest BCUT2D eigenvalue weighted by molar-refractivity contribution is 6.30. The molecule has 2 aromatic heterocycles. The van der Waals surface area contributed by atoms with E-state index in [1.165, 1.54) is 0 Å². The van der Waals surface area contributed by atoms with Crippen molar-refractivity contribution in [3.8, 4) is 0 Å². The second-order valence-corrected chi connectivity index (χ2v) is 8.06. The van der Waals surface area contributed by atoms with Crippen molar-refractivity contribution in [1.29, 1.82) is 0 Å². The summed E-state index contributed by atoms with van der Waals surface area (Å²) in [5.41, 5.74) is 1.55. The Labute approximate surface area is 177 Å². The molecule has 1 aliphatic rings. The number of benzene rings is 2. The van der Waals surface area contributed by atoms with Crippen LogP contribution in [0.1, 0.15) is 30.7 Å². The lowest BCUT2D eigenvalue weighted by Gasteiger charge is -2.11. The van der Waals surface area contributed by atoms with Gasteiger partial charge in [0.25, 0.3) is 5.56 Å². The van der Waals surface area contributed by atoms with Gasteiger partial charge in [0.2, 0.25) is 11.7 Å². The predicted octanol–water partition coefficient (Wildman–Crippen LogP) is 2.96. The Morgan fingerprint density at radius 3 is 2.63 bits per heavy atom. The van der Waals surface area contributed by atoms with Crippen molar-refractivity contribution >= 4 is 34.2 Å². The van der Waals surface area contributed by atoms with E-state index in [0.717, 1.165) is 23.9 Å². The number of amides is 1. The van der Waals surface area contributed by atoms with Crippen LogP contribution in [0.2, 0.25) is 5.02 Å². The molecule has 2 heterocycles. The van der Waals surface area contributed by atoms with Crippen LogP contribution in [0, 0.1) is 0 Å². The molecule has 5 rings (SSSR count). The van der Waals surface area contributed by atoms with E-state index in [-0.39, 0.29) is 11.5 Å². The predicted molar refractivity (Wildman–Crippen MR) is 115 cm³/mol. The zero-order valence-electron chi connectivity index (χ0n) is 16.2. The van der Waals surface area contributed by atoms with E-state index >= 15 is 0 Å². The minimum atomic E-state index is -0.126. The smallest absolute Gasteiger partial charge is 0.263 e. The molecule has 0 spiro atoms. The number of para-hydroxylation sites is 1. The van der Waals surface area contributed by atoms with Crippen molar-refractivity contribution in [1.82, 2.24) is 24.5 Å². The highest BCUT2D eigenvalue weighted by Gasteiger charge is 2.23. The normalized spacial score (nSPS) is 13.8. The van der Waals surface area contributed by atoms with E-state index in [1.54, 1.807) is 22.8 Å². The summed E-state index contributed by atoms with van der Waals surface area (Å²) in [5.74, 6) is 1.15. The maximum absolute atomic E-state index is 13.2. The van der Waals surface area contributed by atoms with Crippen LogP contribution >= 0.6 is 11.6 Å². The van der Waals surface area contributed by atoms with E-state index in [4.69, 9.17) is 11.6 Å². The monoisotopic (exact) mass is 421 g/mol. The fourth-order valence-corrected chi connectivity index (χ4v) is 3.77. The Balaban J connectivity index is 1.58. The molecule has 0 unspecified atom stereocenters. The summed E-state index contributed by atoms with van der Waals surface area (Å²) in [6.07, 6.45) is 2.90. The third kappa shape index (κ3) is 3.57. The standard InChI is InChI=1S/C22H20ClN5O2/c23-15-7-5-14(6-8-15)13-27-21(30)17-3-1-2-4-18(17)28-19(25-26-22(27)28)11-12-20(29)24-16-9-10-16/h1-8,16H,9-13H2,(H,24,29). The number of hydrogen-bond acceptors (Lipinski definition) is 4. The molecule has 0 atom stereocenters. The summed E-state index contributed by atoms with van der Waals surface area (Å²) in [6.45, 7) is 0.352. The second kappa shape index (κ2) is 7.57. The zero-order valence-corrected chi connectivity index (χ0v) is 17.0. The number of carbonyl (C=O) groups is 1. The molecule has 152 valence electrons. The Morgan fingerprint density at radius 1 is 1.10 bits per heavy atom. The summed E-state index contributed by atoms with van der Waals surface area (Å²) in [4.78, 5) is 25.4. The van der Waals surface area contributed by atoms with Crippen molar-refractivity contribution in [2.45, 2.75) is 38.3 Å². The summed E-state index contributed by atoms with van der Waals surface area (Å²) >= 11 is 5.99. The molecule has 0 aliphatic heterocycles. The maximum Gasteiger partial charge on any atom is 0.263 e. The number of carbonyl (C=O) groups excluding carboxylic acids is 1. The molecule has 0 saturated heterocycles. The molecule has 30 heavy (non-hydrogen) atoms. The fraction of sp³-hybridized carbons (Fsp3) is 0.273. The zero-order chi connectivity index (χ0) is 20.7. The molecule has 1 fully saturated rings. The largest absolute Gasteiger partial charge is 0.353 e. The molecular weight excluding hydrogens is 402 g/mol. The van der Waals surface area contributed by atoms with Crippen LogP contribution in [-0.2, 0) is 17.8 Å². The lowest BCUT2D eigenvalue weighted by atomic mass is 10.2. The van der Waals surface area contributed by atoms with Crippen LogP contribution in [-0.4, -0.2) is 31.1 Å². The first-order chi connectivity index (χ1) is 14.6. The van der Waals surface area contributed by atoms with Gasteiger partial charge < -0.3 is 5.32 Å². The first kappa shape index (κ1) is 18.8. The number of nitrogens with one attached hydrogen (secondary N) is 1. The minimum Gasteiger partial charge on any atom is -0.353 e. The van der Waals surface area contributed by atoms with Gasteiger partial charge in [-0.25, -0.2) is 0 Å². The molecule has 7 nitrogen and oxygen atoms in total. The quantitative estimate of drug-likeness (QED) is 0.519. The average molecular weight is 422 g/mol. The maximum atomic E-state index is 13.2. The van der Waals surface area contributed by atoms with Gasteiger partial charge in [-0.3, -0.25) is 18.6 Å². The molecule has 1 saturated carbocycles. The van der Waals surface area contributed by atoms with E-state index in [1.807, 2.05) is 34.7 Å². The summed E-state index contributed by atoms with van der Waals surface area (Å²) in [5, 5.41) is 12.9. The number of aromatic nitrogens is 4. The second-order valence-electron chi connectivity index (χ2n) is 7.63. The van der Waals surface area contributed by atoms with Gasteiger partial charge in [0, 0.05) is 23.9 Å². The Kier molecular flexibility index (Phi) is 4.75. The SMILES string of the molecule is O=C(CCc1nnc2n(Cc3ccc(Cl)cc3)c(=O)c3ccccc3n12)NC1CC1. The Morgan fingerprint density at radius 2 is 1.87 bits per heavy atom. The summed E-state index contributed by atoms with van der Waals surface area (Å²) in [7, 11) is 0. The van der Waals surface area contributed by atoms with Gasteiger partial charge >= 0.3 is 0 Å². The third-order valence-electron chi connectivity index (χ3n) is 5.35. The number of halogens is 1. The van der Waals surface area contributed by atoms with E-state index < -0.39 is 0 Å². The first-order valence-electron chi connectivity index (χ1n) is 9.99. The van der Waals surface area contributed by atoms with Crippen molar-refractivity contribution < 1.29 is 4.79 Å². The fourth-order valence-electron chi connectivity index (χ4n) is 3.64. The van der Waals surface area contributed by atoms with Gasteiger partial charge in [-0.05, 0) is 42.7 Å². The number of aryl methyl sites for hydroxylation is 1. The van der Waals surface area contributed by atoms with Crippen molar-refractivity contribution in [3.63, 3.8) is 0 Å². The van der Waals surface area contributed by atoms with Gasteiger partial charge in [0.15, 0.2) is 0 Å². The number of fused-ring (bicyclic) bond motifs is 3. The molecule has 0 radical (unpaired) electrons. The van der Waals surface area contributed by atoms with Gasteiger partial charge in [-0.15, -0.1) is 10.2 Å². The molecule has 8 heteroatoms. The van der Waals surface area contributed by atoms with Crippen LogP contribution in [0.5, 0.6) is 0 Å². The van der Waals surface area contributed by atoms with Gasteiger partial charge in [0.1, 0.15) is 5.82 Å². The van der Waals surface area contributed by atoms with Gasteiger partial charge in [0.05, 0.1) is 17.4 Å². The lowest BCUT2D eigenvalue weighted by Crippen LogP contribution is -2.26. The van der Waals surface area contributed by atoms with Crippen molar-refractivity contribution in [2.75, 3.05) is 0 Å². The number of nitrogens with zero attached hydrogens (tertiary/aromatic N) is 4. The summed E-state index contributed by atoms with van der Waals surface area (Å²) < 4.78 is 3.50. The van der Waals surface area contributed by atoms with Crippen LogP contribution in [0.25, 0.3) is 16.7 Å². The number of hydrogen-bond donors (Lipinski definition) is 1. The van der Waals surface area contributed by atoms with Crippen LogP contribution < -0.4 is 10.9 Å². The molecule has 1 aliphatic carbocycles. The first-order valence-corrected chi connectivity index (χ1v) is 10.4. The molecule has 2 aromatic carbocycles. The van der Waals surface area contributed by atoms with Crippen LogP contribution in [0.4, 0.5) is 0 Å². The lowest BCUT2D eigenvalue weighted by molar-refractivity contribution is -0.121. The highest BCUT2D eigenvalue weighted by Crippen LogP contribution is 2.20. The number of rotatable bonds is 6.